The average molecular weight is 1780 g/mol. The molecule has 624 valence electrons. The van der Waals surface area contributed by atoms with Crippen LogP contribution in [0, 0.1) is 0 Å². The van der Waals surface area contributed by atoms with Crippen LogP contribution >= 0.6 is 47.8 Å². The zero-order chi connectivity index (χ0) is 83.9. The number of nitrogen functional groups attached to an aromatic ring is 5. The van der Waals surface area contributed by atoms with Crippen LogP contribution in [0.5, 0.6) is 0 Å². The first-order chi connectivity index (χ1) is 53.3. The third-order valence-electron chi connectivity index (χ3n) is 14.0. The summed E-state index contributed by atoms with van der Waals surface area (Å²) in [7, 11) is 0. The summed E-state index contributed by atoms with van der Waals surface area (Å²) in [5, 5.41) is 30.2. The number of carbonyl (C=O) groups is 9. The molecule has 0 saturated heterocycles. The van der Waals surface area contributed by atoms with Gasteiger partial charge >= 0.3 is 24.2 Å². The van der Waals surface area contributed by atoms with Gasteiger partial charge in [0.25, 0.3) is 0 Å². The minimum Gasteiger partial charge on any atom is -0.481 e. The lowest BCUT2D eigenvalue weighted by atomic mass is 10.1. The number of carbonyl (C=O) groups excluding carboxylic acids is 8. The van der Waals surface area contributed by atoms with Crippen LogP contribution in [-0.2, 0) is 43.0 Å². The van der Waals surface area contributed by atoms with Crippen LogP contribution < -0.4 is 71.2 Å². The topological polar surface area (TPSA) is 492 Å². The molecule has 8 amide bonds. The minimum absolute atomic E-state index is 0. The number of ether oxygens (including phenoxy) is 3. The Labute approximate surface area is 698 Å². The van der Waals surface area contributed by atoms with Gasteiger partial charge in [0.2, 0.25) is 29.5 Å². The van der Waals surface area contributed by atoms with E-state index in [0.717, 1.165) is 62.6 Å². The van der Waals surface area contributed by atoms with E-state index in [1.54, 1.807) is 117 Å². The number of carboxylic acid groups (broad SMARTS) is 1. The van der Waals surface area contributed by atoms with Gasteiger partial charge in [-0.05, 0) is 186 Å². The van der Waals surface area contributed by atoms with Crippen LogP contribution in [-0.4, -0.2) is 101 Å². The molecule has 0 bridgehead atoms. The lowest BCUT2D eigenvalue weighted by Crippen LogP contribution is -2.27. The first-order valence-electron chi connectivity index (χ1n) is 35.8. The predicted octanol–water partition coefficient (Wildman–Crippen LogP) is 18.6. The number of anilines is 13. The van der Waals surface area contributed by atoms with Crippen molar-refractivity contribution in [1.29, 1.82) is 0 Å². The Morgan fingerprint density at radius 3 is 0.896 bits per heavy atom. The highest BCUT2D eigenvalue weighted by molar-refractivity contribution is 9.11. The van der Waals surface area contributed by atoms with Crippen LogP contribution in [0.2, 0.25) is 0 Å². The molecule has 5 aromatic heterocycles. The lowest BCUT2D eigenvalue weighted by molar-refractivity contribution is -0.137. The number of benzene rings is 3. The zero-order valence-electron chi connectivity index (χ0n) is 64.8. The maximum Gasteiger partial charge on any atom is 0.412 e. The first-order valence-corrected chi connectivity index (χ1v) is 38.1. The van der Waals surface area contributed by atoms with Crippen molar-refractivity contribution in [1.82, 2.24) is 24.9 Å². The second kappa shape index (κ2) is 54.2. The smallest absolute Gasteiger partial charge is 0.412 e. The van der Waals surface area contributed by atoms with Crippen LogP contribution in [0.25, 0.3) is 0 Å². The van der Waals surface area contributed by atoms with Gasteiger partial charge in [-0.25, -0.2) is 14.4 Å². The molecule has 0 aliphatic rings. The Hall–Kier alpha value is -11.5. The molecule has 8 aromatic rings. The molecule has 0 aliphatic carbocycles. The average Bonchev–Trinajstić information content (AvgIpc) is 0.953. The number of halogens is 3. The van der Waals surface area contributed by atoms with Crippen molar-refractivity contribution >= 4 is 176 Å². The van der Waals surface area contributed by atoms with E-state index >= 15 is 0 Å². The number of aromatic nitrogens is 5. The number of nitrogens with two attached hydrogens (primary N) is 5. The fourth-order valence-electron chi connectivity index (χ4n) is 8.84. The van der Waals surface area contributed by atoms with Crippen LogP contribution in [0.1, 0.15) is 173 Å². The van der Waals surface area contributed by atoms with Crippen molar-refractivity contribution < 1.29 is 62.5 Å². The molecule has 8 rings (SSSR count). The van der Waals surface area contributed by atoms with E-state index in [2.05, 4.69) is 115 Å². The lowest BCUT2D eigenvalue weighted by Gasteiger charge is -2.20. The number of carboxylic acids is 1. The molecule has 5 heterocycles. The zero-order valence-corrected chi connectivity index (χ0v) is 69.6. The number of rotatable bonds is 26. The largest absolute Gasteiger partial charge is 0.481 e. The van der Waals surface area contributed by atoms with E-state index in [9.17, 15) is 43.2 Å². The van der Waals surface area contributed by atoms with Gasteiger partial charge in [-0.1, -0.05) is 100 Å². The first kappa shape index (κ1) is 101. The van der Waals surface area contributed by atoms with Gasteiger partial charge < -0.3 is 74.6 Å². The van der Waals surface area contributed by atoms with Crippen molar-refractivity contribution in [3.63, 3.8) is 0 Å². The predicted molar refractivity (Wildman–Crippen MR) is 469 cm³/mol. The summed E-state index contributed by atoms with van der Waals surface area (Å²) in [6.07, 6.45) is 22.1. The fourth-order valence-corrected chi connectivity index (χ4v) is 10.0. The summed E-state index contributed by atoms with van der Waals surface area (Å²) in [6.45, 7) is 16.1. The molecule has 3 aromatic carbocycles. The molecule has 0 unspecified atom stereocenters. The van der Waals surface area contributed by atoms with Gasteiger partial charge in [-0.2, -0.15) is 0 Å². The maximum absolute atomic E-state index is 12.3. The van der Waals surface area contributed by atoms with Crippen molar-refractivity contribution in [3.8, 4) is 0 Å². The standard InChI is InChI=1S/C23H29BrN4O4.C18H21BrN4O2.C13H16BrNO3.2C10H15N3O2.C5H7N3.2CH4/c1-23(2,3)32-22(31)28-18-12-13-25-15-19(18)27-21(30)11-6-4-5-10-20(29)26-17-9-7-8-16(24)14-17;19-13-5-4-6-14(11-13)22-17(24)7-2-1-3-8-18(25)23-16-12-21-10-9-15(16)20;14-10-5-4-6-11(9-10)15-12(16)7-2-1-3-8-13(17)18;2*1-10(2,3)15-9(14)13-8-4-5-12-6-7(8)11;6-4-1-2-8-3-5(4)7;;/h7-9,12-15H,4-6,10-11H2,1-3H3,(H,26,29)(H,27,30)(H,25,28,31);4-6,9-12H,1-3,7-8H2,(H2,20,21)(H,22,24)(H,23,25);4-6,9H,1-3,7-8H2,(H,15,16)(H,17,18);2*4-6H,11H2,1-3H3,(H,12,13,14);1-3H,7H2,(H2,6,8);2*1H4. The van der Waals surface area contributed by atoms with Crippen molar-refractivity contribution in [2.24, 2.45) is 0 Å². The molecule has 0 atom stereocenters. The normalized spacial score (nSPS) is 10.3. The van der Waals surface area contributed by atoms with E-state index in [1.165, 1.54) is 37.2 Å². The molecule has 0 aliphatic heterocycles. The maximum atomic E-state index is 12.3. The summed E-state index contributed by atoms with van der Waals surface area (Å²) in [4.78, 5) is 124. The van der Waals surface area contributed by atoms with Gasteiger partial charge in [0, 0.05) is 100.0 Å². The van der Waals surface area contributed by atoms with Gasteiger partial charge in [-0.3, -0.25) is 69.6 Å². The number of hydrogen-bond donors (Lipinski definition) is 14. The Morgan fingerprint density at radius 1 is 0.322 bits per heavy atom. The second-order valence-corrected chi connectivity index (χ2v) is 30.3. The Morgan fingerprint density at radius 2 is 0.600 bits per heavy atom. The van der Waals surface area contributed by atoms with Gasteiger partial charge in [0.1, 0.15) is 16.8 Å². The fraction of sp³-hybridized carbons (Fsp3) is 0.358. The third kappa shape index (κ3) is 49.6. The molecule has 34 heteroatoms. The van der Waals surface area contributed by atoms with Gasteiger partial charge in [0.05, 0.1) is 87.9 Å². The molecule has 31 nitrogen and oxygen atoms in total. The molecule has 0 saturated carbocycles. The van der Waals surface area contributed by atoms with Crippen molar-refractivity contribution in [2.75, 3.05) is 71.2 Å². The van der Waals surface area contributed by atoms with Crippen LogP contribution in [0.15, 0.2) is 179 Å². The van der Waals surface area contributed by atoms with E-state index in [1.807, 2.05) is 72.8 Å². The SMILES string of the molecule is C.C.CC(C)(C)OC(=O)Nc1ccncc1N.CC(C)(C)OC(=O)Nc1ccncc1N.CC(C)(C)OC(=O)Nc1ccncc1NC(=O)CCCCCC(=O)Nc1cccc(Br)c1.Nc1ccncc1N.Nc1ccncc1NC(=O)CCCCCC(=O)Nc1cccc(Br)c1.O=C(O)CCCCCC(=O)Nc1cccc(Br)c1. The summed E-state index contributed by atoms with van der Waals surface area (Å²) in [6, 6.07) is 30.4. The number of nitrogens with zero attached hydrogens (tertiary/aromatic N) is 5. The highest BCUT2D eigenvalue weighted by atomic mass is 79.9. The van der Waals surface area contributed by atoms with Crippen molar-refractivity contribution in [3.05, 3.63) is 179 Å². The minimum atomic E-state index is -0.784. The monoisotopic (exact) mass is 1780 g/mol. The Kier molecular flexibility index (Phi) is 47.9. The molecule has 19 N–H and O–H groups in total. The molecular formula is C81H111Br3N18O13. The quantitative estimate of drug-likeness (QED) is 0.0177. The number of nitrogens with one attached hydrogen (secondary N) is 8. The van der Waals surface area contributed by atoms with Crippen LogP contribution in [0.3, 0.4) is 0 Å². The summed E-state index contributed by atoms with van der Waals surface area (Å²) in [5.41, 5.74) is 33.0. The number of unbranched alkanes of at least 4 members (excludes halogenated alkanes) is 6. The van der Waals surface area contributed by atoms with Crippen LogP contribution in [0.4, 0.5) is 88.3 Å². The highest BCUT2D eigenvalue weighted by Gasteiger charge is 2.21. The van der Waals surface area contributed by atoms with Gasteiger partial charge in [0.15, 0.2) is 0 Å². The van der Waals surface area contributed by atoms with E-state index in [4.69, 9.17) is 48.0 Å². The second-order valence-electron chi connectivity index (χ2n) is 27.5. The van der Waals surface area contributed by atoms with Crippen molar-refractivity contribution in [2.45, 2.75) is 190 Å². The highest BCUT2D eigenvalue weighted by Crippen LogP contribution is 2.25. The number of hydrogen-bond acceptors (Lipinski definition) is 22. The third-order valence-corrected chi connectivity index (χ3v) is 15.4. The molecule has 0 spiro atoms. The van der Waals surface area contributed by atoms with E-state index in [0.29, 0.717) is 115 Å². The molecule has 115 heavy (non-hydrogen) atoms. The number of amides is 8. The molecule has 0 fully saturated rings. The number of aliphatic carboxylic acids is 1. The van der Waals surface area contributed by atoms with E-state index in [-0.39, 0.29) is 50.8 Å². The Balaban J connectivity index is 0.000000717. The number of pyridine rings is 5. The molecule has 0 radical (unpaired) electrons. The Bertz CT molecular complexity index is 4260. The van der Waals surface area contributed by atoms with E-state index < -0.39 is 41.1 Å². The summed E-state index contributed by atoms with van der Waals surface area (Å²) >= 11 is 10.1. The summed E-state index contributed by atoms with van der Waals surface area (Å²) in [5.74, 6) is -1.19. The van der Waals surface area contributed by atoms with Gasteiger partial charge in [-0.15, -0.1) is 0 Å². The summed E-state index contributed by atoms with van der Waals surface area (Å²) < 4.78 is 18.1. The molecular weight excluding hydrogens is 1670 g/mol.